The Hall–Kier alpha value is -3.73. The zero-order valence-corrected chi connectivity index (χ0v) is 18.6. The van der Waals surface area contributed by atoms with Crippen molar-refractivity contribution in [3.8, 4) is 0 Å². The van der Waals surface area contributed by atoms with Crippen LogP contribution in [-0.2, 0) is 11.2 Å². The molecule has 1 fully saturated rings. The maximum absolute atomic E-state index is 12.9. The molecule has 1 aliphatic heterocycles. The number of aryl methyl sites for hydroxylation is 2. The van der Waals surface area contributed by atoms with E-state index in [1.54, 1.807) is 22.7 Å². The smallest absolute Gasteiger partial charge is 0.224 e. The van der Waals surface area contributed by atoms with E-state index >= 15 is 0 Å². The van der Waals surface area contributed by atoms with Crippen LogP contribution in [0.5, 0.6) is 0 Å². The van der Waals surface area contributed by atoms with Gasteiger partial charge in [0.1, 0.15) is 16.9 Å². The van der Waals surface area contributed by atoms with Crippen LogP contribution in [0, 0.1) is 6.92 Å². The Morgan fingerprint density at radius 2 is 2.12 bits per heavy atom. The number of aromatic nitrogens is 6. The molecule has 11 heteroatoms. The molecule has 0 saturated carbocycles. The number of rotatable bonds is 4. The molecule has 2 atom stereocenters. The van der Waals surface area contributed by atoms with E-state index in [4.69, 9.17) is 11.5 Å². The standard InChI is InChI=1S/C22H27N9O2/c1-12-3-4-13-14(9-12)27-16(26-13)5-6-17(32)30-8-7-15(22(2,33)10-30)31-11-25-18-19(23)28-21(24)29-20(18)31/h3-4,9,11,15,33H,5-8,10H2,1-2H3,(H,26,27)(H4,23,24,28,29)/t15-,22-/m1/s1. The predicted molar refractivity (Wildman–Crippen MR) is 124 cm³/mol. The van der Waals surface area contributed by atoms with E-state index in [1.807, 2.05) is 25.1 Å². The maximum atomic E-state index is 12.9. The summed E-state index contributed by atoms with van der Waals surface area (Å²) >= 11 is 0. The molecule has 0 spiro atoms. The van der Waals surface area contributed by atoms with Crippen LogP contribution in [0.25, 0.3) is 22.2 Å². The Morgan fingerprint density at radius 1 is 1.30 bits per heavy atom. The highest BCUT2D eigenvalue weighted by Gasteiger charge is 2.41. The number of fused-ring (bicyclic) bond motifs is 2. The fraction of sp³-hybridized carbons (Fsp3) is 0.409. The number of anilines is 2. The number of hydrogen-bond donors (Lipinski definition) is 4. The lowest BCUT2D eigenvalue weighted by atomic mass is 9.88. The van der Waals surface area contributed by atoms with Crippen LogP contribution >= 0.6 is 0 Å². The highest BCUT2D eigenvalue weighted by molar-refractivity contribution is 5.83. The molecule has 0 bridgehead atoms. The van der Waals surface area contributed by atoms with E-state index in [9.17, 15) is 9.90 Å². The van der Waals surface area contributed by atoms with Crippen molar-refractivity contribution in [3.63, 3.8) is 0 Å². The molecular formula is C22H27N9O2. The second-order valence-corrected chi connectivity index (χ2v) is 8.97. The molecule has 1 saturated heterocycles. The number of nitrogens with one attached hydrogen (secondary N) is 1. The number of carbonyl (C=O) groups excluding carboxylic acids is 1. The first kappa shape index (κ1) is 21.1. The quantitative estimate of drug-likeness (QED) is 0.362. The highest BCUT2D eigenvalue weighted by Crippen LogP contribution is 2.34. The molecule has 1 aliphatic rings. The van der Waals surface area contributed by atoms with Gasteiger partial charge in [0, 0.05) is 19.4 Å². The summed E-state index contributed by atoms with van der Waals surface area (Å²) < 4.78 is 1.78. The van der Waals surface area contributed by atoms with Crippen molar-refractivity contribution < 1.29 is 9.90 Å². The normalized spacial score (nSPS) is 21.2. The van der Waals surface area contributed by atoms with Crippen LogP contribution in [0.1, 0.15) is 37.2 Å². The minimum Gasteiger partial charge on any atom is -0.386 e. The van der Waals surface area contributed by atoms with Crippen LogP contribution in [0.4, 0.5) is 11.8 Å². The summed E-state index contributed by atoms with van der Waals surface area (Å²) in [6.45, 7) is 4.46. The second kappa shape index (κ2) is 7.69. The average molecular weight is 450 g/mol. The van der Waals surface area contributed by atoms with Gasteiger partial charge in [-0.15, -0.1) is 0 Å². The van der Waals surface area contributed by atoms with Crippen LogP contribution in [0.3, 0.4) is 0 Å². The van der Waals surface area contributed by atoms with E-state index < -0.39 is 5.60 Å². The summed E-state index contributed by atoms with van der Waals surface area (Å²) in [5.41, 5.74) is 14.4. The molecule has 4 heterocycles. The van der Waals surface area contributed by atoms with Crippen molar-refractivity contribution in [2.45, 2.75) is 44.8 Å². The fourth-order valence-corrected chi connectivity index (χ4v) is 4.67. The first-order chi connectivity index (χ1) is 15.7. The molecule has 0 radical (unpaired) electrons. The Kier molecular flexibility index (Phi) is 4.93. The second-order valence-electron chi connectivity index (χ2n) is 8.97. The van der Waals surface area contributed by atoms with Crippen molar-refractivity contribution in [3.05, 3.63) is 35.9 Å². The third-order valence-electron chi connectivity index (χ3n) is 6.32. The molecule has 11 nitrogen and oxygen atoms in total. The van der Waals surface area contributed by atoms with Crippen molar-refractivity contribution >= 4 is 39.9 Å². The Labute approximate surface area is 189 Å². The van der Waals surface area contributed by atoms with Gasteiger partial charge in [0.05, 0.1) is 29.9 Å². The summed E-state index contributed by atoms with van der Waals surface area (Å²) in [5.74, 6) is 1.01. The Morgan fingerprint density at radius 3 is 2.91 bits per heavy atom. The van der Waals surface area contributed by atoms with Crippen LogP contribution < -0.4 is 11.5 Å². The van der Waals surface area contributed by atoms with Crippen molar-refractivity contribution in [1.29, 1.82) is 0 Å². The molecule has 0 aliphatic carbocycles. The zero-order valence-electron chi connectivity index (χ0n) is 18.6. The summed E-state index contributed by atoms with van der Waals surface area (Å²) in [6.07, 6.45) is 2.96. The number of piperidine rings is 1. The van der Waals surface area contributed by atoms with Gasteiger partial charge in [0.25, 0.3) is 0 Å². The number of β-amino-alcohol motifs (C(OH)–C–C–N with tert-alkyl or cyclic N) is 1. The molecule has 6 N–H and O–H groups in total. The molecule has 3 aromatic heterocycles. The van der Waals surface area contributed by atoms with Crippen molar-refractivity contribution in [2.24, 2.45) is 0 Å². The maximum Gasteiger partial charge on any atom is 0.224 e. The number of hydrogen-bond acceptors (Lipinski definition) is 8. The van der Waals surface area contributed by atoms with Gasteiger partial charge in [-0.2, -0.15) is 9.97 Å². The Balaban J connectivity index is 1.28. The van der Waals surface area contributed by atoms with E-state index in [-0.39, 0.29) is 30.3 Å². The number of amides is 1. The largest absolute Gasteiger partial charge is 0.386 e. The highest BCUT2D eigenvalue weighted by atomic mass is 16.3. The third kappa shape index (κ3) is 3.84. The average Bonchev–Trinajstić information content (AvgIpc) is 3.34. The van der Waals surface area contributed by atoms with E-state index in [2.05, 4.69) is 24.9 Å². The lowest BCUT2D eigenvalue weighted by Gasteiger charge is -2.43. The van der Waals surface area contributed by atoms with Crippen molar-refractivity contribution in [2.75, 3.05) is 24.6 Å². The van der Waals surface area contributed by atoms with E-state index in [0.717, 1.165) is 22.4 Å². The van der Waals surface area contributed by atoms with Gasteiger partial charge in [-0.05, 0) is 38.0 Å². The topological polar surface area (TPSA) is 165 Å². The number of likely N-dealkylation sites (tertiary alicyclic amines) is 1. The van der Waals surface area contributed by atoms with E-state index in [1.165, 1.54) is 0 Å². The van der Waals surface area contributed by atoms with Gasteiger partial charge in [-0.1, -0.05) is 6.07 Å². The minimum absolute atomic E-state index is 0.0170. The monoisotopic (exact) mass is 449 g/mol. The predicted octanol–water partition coefficient (Wildman–Crippen LogP) is 1.33. The number of aliphatic hydroxyl groups is 1. The van der Waals surface area contributed by atoms with Crippen molar-refractivity contribution in [1.82, 2.24) is 34.4 Å². The lowest BCUT2D eigenvalue weighted by Crippen LogP contribution is -2.54. The van der Waals surface area contributed by atoms with Gasteiger partial charge in [0.15, 0.2) is 11.5 Å². The molecule has 172 valence electrons. The summed E-state index contributed by atoms with van der Waals surface area (Å²) in [6, 6.07) is 5.70. The Bertz CT molecular complexity index is 1360. The summed E-state index contributed by atoms with van der Waals surface area (Å²) in [5, 5.41) is 11.3. The molecule has 4 aromatic rings. The number of nitrogens with zero attached hydrogens (tertiary/aromatic N) is 6. The molecule has 1 aromatic carbocycles. The first-order valence-corrected chi connectivity index (χ1v) is 10.9. The van der Waals surface area contributed by atoms with E-state index in [0.29, 0.717) is 37.0 Å². The molecule has 5 rings (SSSR count). The van der Waals surface area contributed by atoms with Gasteiger partial charge in [-0.3, -0.25) is 4.79 Å². The SMILES string of the molecule is Cc1ccc2nc(CCC(=O)N3CC[C@@H](n4cnc5c(N)nc(N)nc54)[C@](C)(O)C3)[nH]c2c1. The van der Waals surface area contributed by atoms with Crippen LogP contribution in [0.15, 0.2) is 24.5 Å². The van der Waals surface area contributed by atoms with Crippen LogP contribution in [-0.4, -0.2) is 64.1 Å². The molecular weight excluding hydrogens is 422 g/mol. The third-order valence-corrected chi connectivity index (χ3v) is 6.32. The van der Waals surface area contributed by atoms with Gasteiger partial charge in [-0.25, -0.2) is 9.97 Å². The van der Waals surface area contributed by atoms with Gasteiger partial charge in [0.2, 0.25) is 11.9 Å². The number of nitrogen functional groups attached to an aromatic ring is 2. The lowest BCUT2D eigenvalue weighted by molar-refractivity contribution is -0.140. The fourth-order valence-electron chi connectivity index (χ4n) is 4.67. The molecule has 33 heavy (non-hydrogen) atoms. The number of H-pyrrole nitrogens is 1. The molecule has 1 amide bonds. The molecule has 0 unspecified atom stereocenters. The summed E-state index contributed by atoms with van der Waals surface area (Å²) in [4.78, 5) is 35.0. The van der Waals surface area contributed by atoms with Gasteiger partial charge >= 0.3 is 0 Å². The van der Waals surface area contributed by atoms with Crippen LogP contribution in [0.2, 0.25) is 0 Å². The number of aromatic amines is 1. The number of imidazole rings is 2. The zero-order chi connectivity index (χ0) is 23.3. The minimum atomic E-state index is -1.19. The van der Waals surface area contributed by atoms with Gasteiger partial charge < -0.3 is 31.0 Å². The number of benzene rings is 1. The number of carbonyl (C=O) groups is 1. The first-order valence-electron chi connectivity index (χ1n) is 10.9. The summed E-state index contributed by atoms with van der Waals surface area (Å²) in [7, 11) is 0. The number of nitrogens with two attached hydrogens (primary N) is 2.